The van der Waals surface area contributed by atoms with E-state index in [1.807, 2.05) is 0 Å². The van der Waals surface area contributed by atoms with Gasteiger partial charge in [0.05, 0.1) is 40.6 Å². The van der Waals surface area contributed by atoms with Crippen LogP contribution in [0.15, 0.2) is 29.0 Å². The van der Waals surface area contributed by atoms with Crippen molar-refractivity contribution in [1.82, 2.24) is 9.97 Å². The zero-order valence-electron chi connectivity index (χ0n) is 16.5. The lowest BCUT2D eigenvalue weighted by Crippen LogP contribution is -2.39. The van der Waals surface area contributed by atoms with Gasteiger partial charge in [0.1, 0.15) is 11.4 Å². The van der Waals surface area contributed by atoms with Crippen LogP contribution < -0.4 is 4.90 Å². The number of hydrogen-bond acceptors (Lipinski definition) is 7. The zero-order chi connectivity index (χ0) is 23.2. The molecule has 3 heterocycles. The molecule has 2 aromatic rings. The fraction of sp³-hybridized carbons (Fsp3) is 0.368. The molecule has 0 aromatic carbocycles. The third-order valence-corrected chi connectivity index (χ3v) is 5.74. The lowest BCUT2D eigenvalue weighted by Gasteiger charge is -2.33. The van der Waals surface area contributed by atoms with Crippen LogP contribution in [0.3, 0.4) is 0 Å². The first-order chi connectivity index (χ1) is 14.6. The van der Waals surface area contributed by atoms with Crippen molar-refractivity contribution in [1.29, 1.82) is 0 Å². The van der Waals surface area contributed by atoms with Gasteiger partial charge in [-0.1, -0.05) is 23.2 Å². The van der Waals surface area contributed by atoms with Crippen LogP contribution in [0.2, 0.25) is 10.0 Å². The Morgan fingerprint density at radius 2 is 1.48 bits per heavy atom. The number of pyridine rings is 2. The number of halogens is 5. The molecule has 3 rings (SSSR count). The molecule has 1 saturated heterocycles. The molecule has 12 heteroatoms. The molecule has 0 aliphatic carbocycles. The van der Waals surface area contributed by atoms with Crippen LogP contribution in [0, 0.1) is 0 Å². The number of aromatic nitrogens is 2. The smallest absolute Gasteiger partial charge is 0.356 e. The number of rotatable bonds is 3. The summed E-state index contributed by atoms with van der Waals surface area (Å²) in [5.41, 5.74) is 0.856. The first-order valence-corrected chi connectivity index (χ1v) is 10.4. The molecule has 1 aliphatic heterocycles. The Morgan fingerprint density at radius 3 is 1.94 bits per heavy atom. The number of esters is 2. The van der Waals surface area contributed by atoms with Gasteiger partial charge in [0.25, 0.3) is 5.92 Å². The normalized spacial score (nSPS) is 14.9. The van der Waals surface area contributed by atoms with Crippen LogP contribution in [0.25, 0.3) is 0 Å². The third kappa shape index (κ3) is 6.98. The molecule has 0 amide bonds. The van der Waals surface area contributed by atoms with Gasteiger partial charge in [-0.15, -0.1) is 0 Å². The van der Waals surface area contributed by atoms with E-state index in [9.17, 15) is 18.4 Å². The summed E-state index contributed by atoms with van der Waals surface area (Å²) in [5, 5.41) is 0.742. The summed E-state index contributed by atoms with van der Waals surface area (Å²) in [7, 11) is 2.54. The Morgan fingerprint density at radius 1 is 1.00 bits per heavy atom. The second kappa shape index (κ2) is 11.0. The number of carbonyl (C=O) groups excluding carboxylic acids is 2. The SMILES string of the molecule is COC(=O)c1cc(Cl)c(Br)cn1.COC(=O)c1cc(Cl)c(N2CCC(F)(F)CC2)cn1. The number of carbonyl (C=O) groups is 2. The van der Waals surface area contributed by atoms with Gasteiger partial charge in [-0.3, -0.25) is 0 Å². The Labute approximate surface area is 195 Å². The summed E-state index contributed by atoms with van der Waals surface area (Å²) >= 11 is 14.9. The Bertz CT molecular complexity index is 956. The van der Waals surface area contributed by atoms with E-state index in [1.165, 1.54) is 38.7 Å². The second-order valence-corrected chi connectivity index (χ2v) is 8.00. The van der Waals surface area contributed by atoms with E-state index < -0.39 is 17.9 Å². The Kier molecular flexibility index (Phi) is 8.96. The van der Waals surface area contributed by atoms with Gasteiger partial charge in [0.15, 0.2) is 0 Å². The maximum Gasteiger partial charge on any atom is 0.356 e. The summed E-state index contributed by atoms with van der Waals surface area (Å²) in [6, 6.07) is 2.83. The van der Waals surface area contributed by atoms with E-state index in [1.54, 1.807) is 4.90 Å². The van der Waals surface area contributed by atoms with E-state index in [2.05, 4.69) is 35.4 Å². The Hall–Kier alpha value is -2.04. The molecule has 1 aliphatic rings. The predicted molar refractivity (Wildman–Crippen MR) is 115 cm³/mol. The lowest BCUT2D eigenvalue weighted by atomic mass is 10.1. The molecule has 0 spiro atoms. The molecule has 1 fully saturated rings. The van der Waals surface area contributed by atoms with Gasteiger partial charge < -0.3 is 14.4 Å². The van der Waals surface area contributed by atoms with Crippen molar-refractivity contribution in [3.63, 3.8) is 0 Å². The molecule has 7 nitrogen and oxygen atoms in total. The maximum atomic E-state index is 13.1. The summed E-state index contributed by atoms with van der Waals surface area (Å²) in [6.07, 6.45) is 2.46. The second-order valence-electron chi connectivity index (χ2n) is 6.33. The molecule has 0 atom stereocenters. The largest absolute Gasteiger partial charge is 0.464 e. The number of methoxy groups -OCH3 is 2. The Balaban J connectivity index is 0.000000245. The van der Waals surface area contributed by atoms with Gasteiger partial charge in [0, 0.05) is 32.1 Å². The van der Waals surface area contributed by atoms with Gasteiger partial charge in [-0.05, 0) is 28.1 Å². The molecule has 0 bridgehead atoms. The standard InChI is InChI=1S/C12H13ClF2N2O2.C7H5BrClNO2/c1-19-11(18)9-6-8(13)10(7-16-9)17-4-2-12(14,15)3-5-17;1-12-7(11)6-2-5(9)4(8)3-10-6/h6-7H,2-5H2,1H3;2-3H,1H3. The quantitative estimate of drug-likeness (QED) is 0.504. The topological polar surface area (TPSA) is 81.6 Å². The molecule has 168 valence electrons. The number of piperidine rings is 1. The molecule has 31 heavy (non-hydrogen) atoms. The molecular weight excluding hydrogens is 523 g/mol. The molecule has 2 aromatic heterocycles. The van der Waals surface area contributed by atoms with Crippen LogP contribution in [0.5, 0.6) is 0 Å². The van der Waals surface area contributed by atoms with Crippen molar-refractivity contribution >= 4 is 56.8 Å². The molecule has 0 radical (unpaired) electrons. The molecule has 0 unspecified atom stereocenters. The van der Waals surface area contributed by atoms with Crippen molar-refractivity contribution in [2.45, 2.75) is 18.8 Å². The van der Waals surface area contributed by atoms with E-state index >= 15 is 0 Å². The van der Waals surface area contributed by atoms with Crippen molar-refractivity contribution in [3.05, 3.63) is 50.4 Å². The fourth-order valence-corrected chi connectivity index (χ4v) is 3.22. The predicted octanol–water partition coefficient (Wildman–Crippen LogP) is 5.04. The van der Waals surface area contributed by atoms with Crippen LogP contribution in [-0.4, -0.2) is 55.1 Å². The first-order valence-electron chi connectivity index (χ1n) is 8.84. The highest BCUT2D eigenvalue weighted by Crippen LogP contribution is 2.33. The number of alkyl halides is 2. The number of anilines is 1. The minimum atomic E-state index is -2.61. The van der Waals surface area contributed by atoms with Crippen molar-refractivity contribution in [3.8, 4) is 0 Å². The van der Waals surface area contributed by atoms with Crippen LogP contribution in [0.4, 0.5) is 14.5 Å². The third-order valence-electron chi connectivity index (χ3n) is 4.27. The average Bonchev–Trinajstić information content (AvgIpc) is 2.75. The van der Waals surface area contributed by atoms with E-state index in [-0.39, 0.29) is 37.3 Å². The monoisotopic (exact) mass is 539 g/mol. The van der Waals surface area contributed by atoms with Crippen LogP contribution >= 0.6 is 39.1 Å². The van der Waals surface area contributed by atoms with Crippen LogP contribution in [-0.2, 0) is 9.47 Å². The fourth-order valence-electron chi connectivity index (χ4n) is 2.58. The highest BCUT2D eigenvalue weighted by Gasteiger charge is 2.34. The van der Waals surface area contributed by atoms with Crippen LogP contribution in [0.1, 0.15) is 33.8 Å². The number of nitrogens with zero attached hydrogens (tertiary/aromatic N) is 3. The molecule has 0 saturated carbocycles. The minimum Gasteiger partial charge on any atom is -0.464 e. The van der Waals surface area contributed by atoms with Gasteiger partial charge in [-0.2, -0.15) is 0 Å². The first kappa shape index (κ1) is 25.2. The lowest BCUT2D eigenvalue weighted by molar-refractivity contribution is -0.0220. The van der Waals surface area contributed by atoms with Crippen molar-refractivity contribution < 1.29 is 27.8 Å². The molecule has 0 N–H and O–H groups in total. The number of hydrogen-bond donors (Lipinski definition) is 0. The summed E-state index contributed by atoms with van der Waals surface area (Å²) < 4.78 is 35.8. The zero-order valence-corrected chi connectivity index (χ0v) is 19.6. The molecular formula is C19H18BrCl2F2N3O4. The van der Waals surface area contributed by atoms with E-state index in [4.69, 9.17) is 23.2 Å². The highest BCUT2D eigenvalue weighted by molar-refractivity contribution is 9.10. The van der Waals surface area contributed by atoms with Gasteiger partial charge in [-0.25, -0.2) is 28.3 Å². The number of ether oxygens (including phenoxy) is 2. The summed E-state index contributed by atoms with van der Waals surface area (Å²) in [5.74, 6) is -3.69. The summed E-state index contributed by atoms with van der Waals surface area (Å²) in [4.78, 5) is 31.7. The van der Waals surface area contributed by atoms with E-state index in [0.717, 1.165) is 0 Å². The van der Waals surface area contributed by atoms with E-state index in [0.29, 0.717) is 20.2 Å². The maximum absolute atomic E-state index is 13.1. The average molecular weight is 541 g/mol. The van der Waals surface area contributed by atoms with Crippen molar-refractivity contribution in [2.24, 2.45) is 0 Å². The van der Waals surface area contributed by atoms with Crippen molar-refractivity contribution in [2.75, 3.05) is 32.2 Å². The van der Waals surface area contributed by atoms with Gasteiger partial charge >= 0.3 is 11.9 Å². The van der Waals surface area contributed by atoms with Gasteiger partial charge in [0.2, 0.25) is 0 Å². The highest BCUT2D eigenvalue weighted by atomic mass is 79.9. The summed E-state index contributed by atoms with van der Waals surface area (Å²) in [6.45, 7) is 0.429. The minimum absolute atomic E-state index is 0.0959.